The second-order valence-corrected chi connectivity index (χ2v) is 5.32. The first kappa shape index (κ1) is 13.7. The molecular formula is C14H16N2O2S. The van der Waals surface area contributed by atoms with Gasteiger partial charge in [0.15, 0.2) is 0 Å². The number of carbonyl (C=O) groups excluding carboxylic acids is 1. The first-order valence-electron chi connectivity index (χ1n) is 6.26. The Labute approximate surface area is 116 Å². The maximum Gasteiger partial charge on any atom is 0.350 e. The maximum atomic E-state index is 12.0. The van der Waals surface area contributed by atoms with Crippen LogP contribution in [0.5, 0.6) is 0 Å². The zero-order valence-corrected chi connectivity index (χ0v) is 11.8. The summed E-state index contributed by atoms with van der Waals surface area (Å²) in [5.41, 5.74) is 0.883. The van der Waals surface area contributed by atoms with Crippen LogP contribution in [0.1, 0.15) is 46.6 Å². The normalized spacial score (nSPS) is 12.1. The van der Waals surface area contributed by atoms with Gasteiger partial charge in [0.25, 0.3) is 0 Å². The Balaban J connectivity index is 2.00. The lowest BCUT2D eigenvalue weighted by Gasteiger charge is -2.11. The molecule has 0 saturated carbocycles. The smallest absolute Gasteiger partial charge is 0.350 e. The van der Waals surface area contributed by atoms with Crippen molar-refractivity contribution in [2.24, 2.45) is 0 Å². The lowest BCUT2D eigenvalue weighted by molar-refractivity contribution is 0.0343. The van der Waals surface area contributed by atoms with E-state index in [0.29, 0.717) is 4.88 Å². The summed E-state index contributed by atoms with van der Waals surface area (Å²) in [6.07, 6.45) is 6.60. The van der Waals surface area contributed by atoms with Crippen LogP contribution in [0, 0.1) is 0 Å². The van der Waals surface area contributed by atoms with Crippen LogP contribution < -0.4 is 0 Å². The number of ether oxygens (including phenoxy) is 1. The highest BCUT2D eigenvalue weighted by atomic mass is 32.1. The van der Waals surface area contributed by atoms with E-state index in [-0.39, 0.29) is 12.1 Å². The van der Waals surface area contributed by atoms with Gasteiger partial charge in [-0.1, -0.05) is 13.0 Å². The molecule has 0 unspecified atom stereocenters. The Bertz CT molecular complexity index is 539. The molecule has 0 N–H and O–H groups in total. The van der Waals surface area contributed by atoms with Gasteiger partial charge in [0.2, 0.25) is 0 Å². The third kappa shape index (κ3) is 3.61. The van der Waals surface area contributed by atoms with Crippen molar-refractivity contribution in [3.63, 3.8) is 0 Å². The van der Waals surface area contributed by atoms with Gasteiger partial charge in [0.1, 0.15) is 11.0 Å². The summed E-state index contributed by atoms with van der Waals surface area (Å²) in [5.74, 6) is -0.323. The van der Waals surface area contributed by atoms with Crippen LogP contribution in [0.4, 0.5) is 0 Å². The molecule has 100 valence electrons. The van der Waals surface area contributed by atoms with Crippen molar-refractivity contribution in [2.75, 3.05) is 0 Å². The monoisotopic (exact) mass is 276 g/mol. The molecule has 0 radical (unpaired) electrons. The SMILES string of the molecule is CCCc1ncc(C(=O)O[C@H](C)c2cccnc2)s1. The van der Waals surface area contributed by atoms with Crippen LogP contribution in [0.25, 0.3) is 0 Å². The van der Waals surface area contributed by atoms with E-state index in [2.05, 4.69) is 16.9 Å². The molecule has 2 heterocycles. The second-order valence-electron chi connectivity index (χ2n) is 4.20. The minimum absolute atomic E-state index is 0.307. The highest BCUT2D eigenvalue weighted by Gasteiger charge is 2.16. The lowest BCUT2D eigenvalue weighted by atomic mass is 10.2. The van der Waals surface area contributed by atoms with Crippen molar-refractivity contribution >= 4 is 17.3 Å². The van der Waals surface area contributed by atoms with Gasteiger partial charge < -0.3 is 4.74 Å². The number of aryl methyl sites for hydroxylation is 1. The van der Waals surface area contributed by atoms with E-state index in [1.54, 1.807) is 18.6 Å². The van der Waals surface area contributed by atoms with E-state index in [9.17, 15) is 4.79 Å². The number of hydrogen-bond acceptors (Lipinski definition) is 5. The molecule has 0 aliphatic carbocycles. The number of aromatic nitrogens is 2. The first-order valence-corrected chi connectivity index (χ1v) is 7.08. The Morgan fingerprint density at radius 3 is 3.00 bits per heavy atom. The maximum absolute atomic E-state index is 12.0. The van der Waals surface area contributed by atoms with Crippen LogP contribution in [-0.4, -0.2) is 15.9 Å². The van der Waals surface area contributed by atoms with Gasteiger partial charge >= 0.3 is 5.97 Å². The highest BCUT2D eigenvalue weighted by Crippen LogP contribution is 2.21. The molecule has 0 aliphatic rings. The van der Waals surface area contributed by atoms with E-state index < -0.39 is 0 Å². The molecule has 0 aliphatic heterocycles. The summed E-state index contributed by atoms with van der Waals surface area (Å²) in [7, 11) is 0. The number of thiazole rings is 1. The fraction of sp³-hybridized carbons (Fsp3) is 0.357. The molecule has 1 atom stereocenters. The van der Waals surface area contributed by atoms with Crippen molar-refractivity contribution in [1.29, 1.82) is 0 Å². The predicted molar refractivity (Wildman–Crippen MR) is 74.2 cm³/mol. The predicted octanol–water partition coefficient (Wildman–Crippen LogP) is 3.41. The molecule has 5 heteroatoms. The Kier molecular flexibility index (Phi) is 4.63. The van der Waals surface area contributed by atoms with E-state index in [0.717, 1.165) is 23.4 Å². The van der Waals surface area contributed by atoms with Crippen LogP contribution in [0.3, 0.4) is 0 Å². The third-order valence-electron chi connectivity index (χ3n) is 2.66. The van der Waals surface area contributed by atoms with Crippen LogP contribution in [0.2, 0.25) is 0 Å². The molecule has 0 aromatic carbocycles. The summed E-state index contributed by atoms with van der Waals surface area (Å²) in [6, 6.07) is 3.71. The minimum Gasteiger partial charge on any atom is -0.454 e. The van der Waals surface area contributed by atoms with Gasteiger partial charge in [-0.05, 0) is 25.8 Å². The molecule has 19 heavy (non-hydrogen) atoms. The summed E-state index contributed by atoms with van der Waals surface area (Å²) in [6.45, 7) is 3.92. The van der Waals surface area contributed by atoms with Gasteiger partial charge in [0, 0.05) is 18.0 Å². The number of carbonyl (C=O) groups is 1. The number of esters is 1. The molecule has 4 nitrogen and oxygen atoms in total. The summed E-state index contributed by atoms with van der Waals surface area (Å²) >= 11 is 1.40. The largest absolute Gasteiger partial charge is 0.454 e. The molecule has 0 bridgehead atoms. The van der Waals surface area contributed by atoms with E-state index in [4.69, 9.17) is 4.74 Å². The average molecular weight is 276 g/mol. The topological polar surface area (TPSA) is 52.1 Å². The van der Waals surface area contributed by atoms with Gasteiger partial charge in [0.05, 0.1) is 11.2 Å². The molecule has 2 rings (SSSR count). The second kappa shape index (κ2) is 6.43. The zero-order chi connectivity index (χ0) is 13.7. The van der Waals surface area contributed by atoms with Gasteiger partial charge in [-0.15, -0.1) is 11.3 Å². The zero-order valence-electron chi connectivity index (χ0n) is 11.0. The Morgan fingerprint density at radius 1 is 1.47 bits per heavy atom. The number of pyridine rings is 1. The van der Waals surface area contributed by atoms with Crippen molar-refractivity contribution < 1.29 is 9.53 Å². The van der Waals surface area contributed by atoms with Crippen molar-refractivity contribution in [2.45, 2.75) is 32.8 Å². The van der Waals surface area contributed by atoms with Crippen LogP contribution in [-0.2, 0) is 11.2 Å². The standard InChI is InChI=1S/C14H16N2O2S/c1-3-5-13-16-9-12(19-13)14(17)18-10(2)11-6-4-7-15-8-11/h4,6-10H,3,5H2,1-2H3/t10-/m1/s1. The van der Waals surface area contributed by atoms with Crippen molar-refractivity contribution in [3.8, 4) is 0 Å². The third-order valence-corrected chi connectivity index (χ3v) is 3.69. The van der Waals surface area contributed by atoms with E-state index in [1.165, 1.54) is 11.3 Å². The molecule has 0 spiro atoms. The quantitative estimate of drug-likeness (QED) is 0.785. The Morgan fingerprint density at radius 2 is 2.32 bits per heavy atom. The first-order chi connectivity index (χ1) is 9.20. The molecule has 0 fully saturated rings. The van der Waals surface area contributed by atoms with Gasteiger partial charge in [-0.2, -0.15) is 0 Å². The summed E-state index contributed by atoms with van der Waals surface area (Å²) in [4.78, 5) is 20.8. The fourth-order valence-corrected chi connectivity index (χ4v) is 2.54. The molecular weight excluding hydrogens is 260 g/mol. The van der Waals surface area contributed by atoms with Gasteiger partial charge in [-0.25, -0.2) is 9.78 Å². The molecule has 0 saturated heterocycles. The van der Waals surface area contributed by atoms with Gasteiger partial charge in [-0.3, -0.25) is 4.98 Å². The lowest BCUT2D eigenvalue weighted by Crippen LogP contribution is -2.08. The van der Waals surface area contributed by atoms with Crippen LogP contribution >= 0.6 is 11.3 Å². The van der Waals surface area contributed by atoms with Crippen molar-refractivity contribution in [1.82, 2.24) is 9.97 Å². The fourth-order valence-electron chi connectivity index (χ4n) is 1.64. The summed E-state index contributed by atoms with van der Waals surface area (Å²) < 4.78 is 5.41. The number of rotatable bonds is 5. The molecule has 2 aromatic rings. The summed E-state index contributed by atoms with van der Waals surface area (Å²) in [5, 5.41) is 0.975. The number of nitrogens with zero attached hydrogens (tertiary/aromatic N) is 2. The minimum atomic E-state index is -0.323. The molecule has 0 amide bonds. The molecule has 2 aromatic heterocycles. The number of hydrogen-bond donors (Lipinski definition) is 0. The van der Waals surface area contributed by atoms with E-state index >= 15 is 0 Å². The Hall–Kier alpha value is -1.75. The van der Waals surface area contributed by atoms with Crippen molar-refractivity contribution in [3.05, 3.63) is 46.2 Å². The average Bonchev–Trinajstić information content (AvgIpc) is 2.89. The van der Waals surface area contributed by atoms with E-state index in [1.807, 2.05) is 19.1 Å². The van der Waals surface area contributed by atoms with Crippen LogP contribution in [0.15, 0.2) is 30.7 Å². The highest BCUT2D eigenvalue weighted by molar-refractivity contribution is 7.13.